The lowest BCUT2D eigenvalue weighted by molar-refractivity contribution is 0.151. The van der Waals surface area contributed by atoms with Gasteiger partial charge in [-0.05, 0) is 41.7 Å². The monoisotopic (exact) mass is 312 g/mol. The third-order valence-corrected chi connectivity index (χ3v) is 4.87. The van der Waals surface area contributed by atoms with Crippen molar-refractivity contribution in [1.29, 1.82) is 0 Å². The molecule has 2 aliphatic rings. The van der Waals surface area contributed by atoms with Crippen LogP contribution in [0.1, 0.15) is 34.1 Å². The minimum Gasteiger partial charge on any atom is -0.314 e. The van der Waals surface area contributed by atoms with E-state index in [1.54, 1.807) is 18.5 Å². The van der Waals surface area contributed by atoms with Crippen molar-refractivity contribution in [3.63, 3.8) is 0 Å². The van der Waals surface area contributed by atoms with Gasteiger partial charge in [0.2, 0.25) is 0 Å². The van der Waals surface area contributed by atoms with Crippen LogP contribution in [0, 0.1) is 12.7 Å². The van der Waals surface area contributed by atoms with Crippen LogP contribution in [-0.4, -0.2) is 41.0 Å². The van der Waals surface area contributed by atoms with E-state index >= 15 is 0 Å². The molecule has 0 radical (unpaired) electrons. The molecule has 5 heteroatoms. The molecule has 0 amide bonds. The number of halogens is 1. The van der Waals surface area contributed by atoms with Gasteiger partial charge in [0, 0.05) is 51.0 Å². The molecule has 2 aromatic rings. The van der Waals surface area contributed by atoms with Gasteiger partial charge >= 0.3 is 0 Å². The van der Waals surface area contributed by atoms with E-state index in [0.29, 0.717) is 23.9 Å². The van der Waals surface area contributed by atoms with E-state index in [-0.39, 0.29) is 5.82 Å². The molecule has 4 rings (SSSR count). The highest BCUT2D eigenvalue weighted by molar-refractivity contribution is 5.39. The second kappa shape index (κ2) is 5.98. The number of nitrogens with one attached hydrogen (secondary N) is 1. The summed E-state index contributed by atoms with van der Waals surface area (Å²) in [5, 5.41) is 3.42. The Hall–Kier alpha value is -1.85. The maximum Gasteiger partial charge on any atom is 0.132 e. The lowest BCUT2D eigenvalue weighted by Gasteiger charge is -2.41. The smallest absolute Gasteiger partial charge is 0.132 e. The highest BCUT2D eigenvalue weighted by Crippen LogP contribution is 2.32. The number of aromatic nitrogens is 2. The fourth-order valence-corrected chi connectivity index (χ4v) is 3.61. The van der Waals surface area contributed by atoms with Crippen molar-refractivity contribution in [2.24, 2.45) is 0 Å². The molecule has 1 saturated heterocycles. The van der Waals surface area contributed by atoms with Gasteiger partial charge in [0.15, 0.2) is 0 Å². The molecule has 0 unspecified atom stereocenters. The molecule has 2 aliphatic heterocycles. The van der Waals surface area contributed by atoms with Crippen LogP contribution in [0.2, 0.25) is 0 Å². The molecule has 0 aliphatic carbocycles. The molecular weight excluding hydrogens is 291 g/mol. The van der Waals surface area contributed by atoms with Gasteiger partial charge in [-0.15, -0.1) is 0 Å². The lowest BCUT2D eigenvalue weighted by atomic mass is 9.89. The molecule has 1 N–H and O–H groups in total. The van der Waals surface area contributed by atoms with E-state index in [0.717, 1.165) is 43.7 Å². The van der Waals surface area contributed by atoms with E-state index in [1.165, 1.54) is 5.56 Å². The number of aryl methyl sites for hydroxylation is 1. The first-order valence-corrected chi connectivity index (χ1v) is 8.24. The first-order valence-electron chi connectivity index (χ1n) is 8.24. The van der Waals surface area contributed by atoms with Gasteiger partial charge in [-0.3, -0.25) is 4.90 Å². The zero-order valence-corrected chi connectivity index (χ0v) is 13.3. The van der Waals surface area contributed by atoms with Crippen molar-refractivity contribution in [1.82, 2.24) is 20.2 Å². The third-order valence-electron chi connectivity index (χ3n) is 4.87. The Morgan fingerprint density at radius 2 is 2.09 bits per heavy atom. The number of benzene rings is 1. The number of nitrogens with zero attached hydrogens (tertiary/aromatic N) is 3. The minimum atomic E-state index is -0.139. The maximum absolute atomic E-state index is 14.6. The predicted octanol–water partition coefficient (Wildman–Crippen LogP) is 2.02. The van der Waals surface area contributed by atoms with Crippen molar-refractivity contribution in [2.75, 3.05) is 26.2 Å². The van der Waals surface area contributed by atoms with Crippen molar-refractivity contribution in [3.05, 3.63) is 58.4 Å². The van der Waals surface area contributed by atoms with E-state index in [4.69, 9.17) is 0 Å². The standard InChI is InChI=1S/C18H21FN4/c1-12-9-21-18(22-10-12)7-14-6-13-2-4-23-5-3-20-11-17(23)15(13)8-16(14)19/h6,8-10,17,20H,2-5,7,11H2,1H3/t17-/m0/s1. The van der Waals surface area contributed by atoms with Crippen LogP contribution in [0.4, 0.5) is 4.39 Å². The summed E-state index contributed by atoms with van der Waals surface area (Å²) in [5.74, 6) is 0.534. The highest BCUT2D eigenvalue weighted by atomic mass is 19.1. The van der Waals surface area contributed by atoms with Crippen molar-refractivity contribution < 1.29 is 4.39 Å². The van der Waals surface area contributed by atoms with Gasteiger partial charge in [-0.2, -0.15) is 0 Å². The third kappa shape index (κ3) is 2.86. The molecular formula is C18H21FN4. The van der Waals surface area contributed by atoms with E-state index in [1.807, 2.05) is 13.0 Å². The van der Waals surface area contributed by atoms with Crippen LogP contribution in [0.25, 0.3) is 0 Å². The Morgan fingerprint density at radius 1 is 1.26 bits per heavy atom. The van der Waals surface area contributed by atoms with Crippen LogP contribution in [0.5, 0.6) is 0 Å². The van der Waals surface area contributed by atoms with Crippen LogP contribution in [0.3, 0.4) is 0 Å². The number of fused-ring (bicyclic) bond motifs is 3. The average Bonchev–Trinajstić information content (AvgIpc) is 2.58. The Labute approximate surface area is 135 Å². The van der Waals surface area contributed by atoms with Crippen molar-refractivity contribution >= 4 is 0 Å². The summed E-state index contributed by atoms with van der Waals surface area (Å²) in [6.45, 7) is 5.99. The van der Waals surface area contributed by atoms with Gasteiger partial charge in [0.25, 0.3) is 0 Å². The number of hydrogen-bond acceptors (Lipinski definition) is 4. The van der Waals surface area contributed by atoms with E-state index < -0.39 is 0 Å². The Kier molecular flexibility index (Phi) is 3.83. The number of piperazine rings is 1. The molecule has 4 nitrogen and oxygen atoms in total. The largest absolute Gasteiger partial charge is 0.314 e. The molecule has 120 valence electrons. The highest BCUT2D eigenvalue weighted by Gasteiger charge is 2.30. The maximum atomic E-state index is 14.6. The number of hydrogen-bond donors (Lipinski definition) is 1. The Bertz CT molecular complexity index is 714. The zero-order valence-electron chi connectivity index (χ0n) is 13.3. The summed E-state index contributed by atoms with van der Waals surface area (Å²) >= 11 is 0. The topological polar surface area (TPSA) is 41.1 Å². The van der Waals surface area contributed by atoms with Crippen LogP contribution in [-0.2, 0) is 12.8 Å². The summed E-state index contributed by atoms with van der Waals surface area (Å²) in [7, 11) is 0. The minimum absolute atomic E-state index is 0.139. The fourth-order valence-electron chi connectivity index (χ4n) is 3.61. The van der Waals surface area contributed by atoms with Crippen LogP contribution in [0.15, 0.2) is 24.5 Å². The number of rotatable bonds is 2. The molecule has 0 bridgehead atoms. The van der Waals surface area contributed by atoms with Crippen molar-refractivity contribution in [2.45, 2.75) is 25.8 Å². The first kappa shape index (κ1) is 14.7. The second-order valence-corrected chi connectivity index (χ2v) is 6.50. The van der Waals surface area contributed by atoms with E-state index in [2.05, 4.69) is 20.2 Å². The van der Waals surface area contributed by atoms with Gasteiger partial charge in [-0.1, -0.05) is 6.07 Å². The fraction of sp³-hybridized carbons (Fsp3) is 0.444. The van der Waals surface area contributed by atoms with Crippen LogP contribution >= 0.6 is 0 Å². The van der Waals surface area contributed by atoms with Crippen LogP contribution < -0.4 is 5.32 Å². The zero-order chi connectivity index (χ0) is 15.8. The van der Waals surface area contributed by atoms with Gasteiger partial charge in [0.05, 0.1) is 0 Å². The molecule has 1 fully saturated rings. The summed E-state index contributed by atoms with van der Waals surface area (Å²) < 4.78 is 14.6. The normalized spacial score (nSPS) is 20.9. The first-order chi connectivity index (χ1) is 11.2. The van der Waals surface area contributed by atoms with Crippen molar-refractivity contribution in [3.8, 4) is 0 Å². The van der Waals surface area contributed by atoms with Gasteiger partial charge in [0.1, 0.15) is 11.6 Å². The summed E-state index contributed by atoms with van der Waals surface area (Å²) in [6.07, 6.45) is 5.01. The van der Waals surface area contributed by atoms with Gasteiger partial charge < -0.3 is 5.32 Å². The molecule has 1 aromatic carbocycles. The van der Waals surface area contributed by atoms with Gasteiger partial charge in [-0.25, -0.2) is 14.4 Å². The molecule has 0 spiro atoms. The SMILES string of the molecule is Cc1cnc(Cc2cc3c(cc2F)[C@@H]2CNCCN2CC3)nc1. The molecule has 1 atom stereocenters. The lowest BCUT2D eigenvalue weighted by Crippen LogP contribution is -2.48. The molecule has 0 saturated carbocycles. The summed E-state index contributed by atoms with van der Waals surface area (Å²) in [6, 6.07) is 4.08. The molecule has 3 heterocycles. The second-order valence-electron chi connectivity index (χ2n) is 6.50. The average molecular weight is 312 g/mol. The van der Waals surface area contributed by atoms with E-state index in [9.17, 15) is 4.39 Å². The Balaban J connectivity index is 1.64. The predicted molar refractivity (Wildman–Crippen MR) is 86.9 cm³/mol. The molecule has 1 aromatic heterocycles. The Morgan fingerprint density at radius 3 is 2.91 bits per heavy atom. The molecule has 23 heavy (non-hydrogen) atoms. The quantitative estimate of drug-likeness (QED) is 0.921. The summed E-state index contributed by atoms with van der Waals surface area (Å²) in [5.41, 5.74) is 4.14. The summed E-state index contributed by atoms with van der Waals surface area (Å²) in [4.78, 5) is 11.1.